The lowest BCUT2D eigenvalue weighted by molar-refractivity contribution is -0.384. The average molecular weight is 263 g/mol. The van der Waals surface area contributed by atoms with Gasteiger partial charge >= 0.3 is 0 Å². The summed E-state index contributed by atoms with van der Waals surface area (Å²) in [5, 5.41) is 11.7. The maximum Gasteiger partial charge on any atom is 0.270 e. The van der Waals surface area contributed by atoms with Gasteiger partial charge in [-0.15, -0.1) is 0 Å². The number of anilines is 1. The zero-order valence-corrected chi connectivity index (χ0v) is 10.7. The van der Waals surface area contributed by atoms with Gasteiger partial charge < -0.3 is 4.90 Å². The first-order valence-corrected chi connectivity index (χ1v) is 6.85. The summed E-state index contributed by atoms with van der Waals surface area (Å²) in [5.41, 5.74) is 0.988. The van der Waals surface area contributed by atoms with Crippen LogP contribution in [0.5, 0.6) is 0 Å². The number of non-ortho nitro benzene ring substituents is 1. The number of fused-ring (bicyclic) bond motifs is 1. The maximum atomic E-state index is 10.7. The van der Waals surface area contributed by atoms with Gasteiger partial charge in [-0.05, 0) is 25.3 Å². The fourth-order valence-corrected chi connectivity index (χ4v) is 3.29. The van der Waals surface area contributed by atoms with Crippen LogP contribution in [0.2, 0.25) is 0 Å². The third kappa shape index (κ3) is 2.03. The zero-order chi connectivity index (χ0) is 12.5. The molecule has 0 N–H and O–H groups in total. The molecule has 0 aliphatic carbocycles. The molecule has 1 aliphatic rings. The number of nitro benzene ring substituents is 1. The molecule has 0 radical (unpaired) electrons. The molecular formula is C12H13N3O2S. The molecule has 94 valence electrons. The molecular weight excluding hydrogens is 250 g/mol. The van der Waals surface area contributed by atoms with Crippen LogP contribution in [0.1, 0.15) is 19.3 Å². The normalized spacial score (nSPS) is 16.1. The van der Waals surface area contributed by atoms with Crippen molar-refractivity contribution in [3.63, 3.8) is 0 Å². The van der Waals surface area contributed by atoms with E-state index in [2.05, 4.69) is 9.88 Å². The monoisotopic (exact) mass is 263 g/mol. The molecule has 0 unspecified atom stereocenters. The lowest BCUT2D eigenvalue weighted by Gasteiger charge is -2.25. The van der Waals surface area contributed by atoms with Crippen LogP contribution in [0.25, 0.3) is 10.2 Å². The quantitative estimate of drug-likeness (QED) is 0.616. The van der Waals surface area contributed by atoms with Crippen molar-refractivity contribution in [2.75, 3.05) is 18.0 Å². The predicted octanol–water partition coefficient (Wildman–Crippen LogP) is 3.19. The number of hydrogen-bond acceptors (Lipinski definition) is 5. The van der Waals surface area contributed by atoms with Gasteiger partial charge in [0.15, 0.2) is 5.13 Å². The molecule has 1 fully saturated rings. The Labute approximate surface area is 108 Å². The first kappa shape index (κ1) is 11.4. The van der Waals surface area contributed by atoms with Gasteiger partial charge in [-0.3, -0.25) is 10.1 Å². The third-order valence-corrected chi connectivity index (χ3v) is 4.28. The Morgan fingerprint density at radius 1 is 1.28 bits per heavy atom. The first-order chi connectivity index (χ1) is 8.74. The van der Waals surface area contributed by atoms with Crippen molar-refractivity contribution in [2.45, 2.75) is 19.3 Å². The van der Waals surface area contributed by atoms with Crippen LogP contribution in [0.3, 0.4) is 0 Å². The van der Waals surface area contributed by atoms with Crippen molar-refractivity contribution in [1.82, 2.24) is 4.98 Å². The predicted molar refractivity (Wildman–Crippen MR) is 72.3 cm³/mol. The number of rotatable bonds is 2. The average Bonchev–Trinajstić information content (AvgIpc) is 2.82. The highest BCUT2D eigenvalue weighted by molar-refractivity contribution is 7.22. The number of nitro groups is 1. The summed E-state index contributed by atoms with van der Waals surface area (Å²) in [4.78, 5) is 17.2. The molecule has 0 bridgehead atoms. The molecule has 18 heavy (non-hydrogen) atoms. The van der Waals surface area contributed by atoms with Crippen molar-refractivity contribution < 1.29 is 4.92 Å². The Morgan fingerprint density at radius 3 is 2.78 bits per heavy atom. The van der Waals surface area contributed by atoms with Gasteiger partial charge in [-0.1, -0.05) is 11.3 Å². The summed E-state index contributed by atoms with van der Waals surface area (Å²) in [6, 6.07) is 4.86. The fraction of sp³-hybridized carbons (Fsp3) is 0.417. The molecule has 1 saturated heterocycles. The summed E-state index contributed by atoms with van der Waals surface area (Å²) in [6.07, 6.45) is 3.69. The van der Waals surface area contributed by atoms with Gasteiger partial charge in [0.1, 0.15) is 0 Å². The Kier molecular flexibility index (Phi) is 2.87. The second-order valence-corrected chi connectivity index (χ2v) is 5.46. The van der Waals surface area contributed by atoms with Gasteiger partial charge in [-0.2, -0.15) is 0 Å². The molecule has 2 aromatic rings. The summed E-state index contributed by atoms with van der Waals surface area (Å²) < 4.78 is 0.893. The van der Waals surface area contributed by atoms with E-state index in [4.69, 9.17) is 0 Å². The van der Waals surface area contributed by atoms with Crippen molar-refractivity contribution in [3.8, 4) is 0 Å². The highest BCUT2D eigenvalue weighted by Crippen LogP contribution is 2.32. The fourth-order valence-electron chi connectivity index (χ4n) is 2.24. The molecule has 0 atom stereocenters. The van der Waals surface area contributed by atoms with Crippen LogP contribution in [0.15, 0.2) is 18.2 Å². The van der Waals surface area contributed by atoms with Crippen LogP contribution in [0, 0.1) is 10.1 Å². The minimum Gasteiger partial charge on any atom is -0.348 e. The van der Waals surface area contributed by atoms with Crippen molar-refractivity contribution in [1.29, 1.82) is 0 Å². The first-order valence-electron chi connectivity index (χ1n) is 6.04. The summed E-state index contributed by atoms with van der Waals surface area (Å²) in [6.45, 7) is 2.09. The number of aromatic nitrogens is 1. The second-order valence-electron chi connectivity index (χ2n) is 4.45. The van der Waals surface area contributed by atoms with Crippen molar-refractivity contribution in [3.05, 3.63) is 28.3 Å². The molecule has 1 aromatic carbocycles. The van der Waals surface area contributed by atoms with Crippen molar-refractivity contribution >= 4 is 32.4 Å². The number of hydrogen-bond donors (Lipinski definition) is 0. The van der Waals surface area contributed by atoms with Gasteiger partial charge in [-0.25, -0.2) is 4.98 Å². The minimum absolute atomic E-state index is 0.136. The molecule has 0 saturated carbocycles. The molecule has 3 rings (SSSR count). The largest absolute Gasteiger partial charge is 0.348 e. The van der Waals surface area contributed by atoms with Crippen LogP contribution in [-0.4, -0.2) is 23.0 Å². The Balaban J connectivity index is 1.97. The molecule has 0 spiro atoms. The molecule has 1 aromatic heterocycles. The van der Waals surface area contributed by atoms with Gasteiger partial charge in [0.25, 0.3) is 5.69 Å². The van der Waals surface area contributed by atoms with E-state index in [1.807, 2.05) is 0 Å². The Bertz CT molecular complexity index is 590. The molecule has 0 amide bonds. The van der Waals surface area contributed by atoms with Crippen LogP contribution >= 0.6 is 11.3 Å². The molecule has 1 aliphatic heterocycles. The van der Waals surface area contributed by atoms with Gasteiger partial charge in [0.05, 0.1) is 15.1 Å². The van der Waals surface area contributed by atoms with E-state index in [0.29, 0.717) is 0 Å². The van der Waals surface area contributed by atoms with E-state index in [1.165, 1.54) is 25.3 Å². The summed E-state index contributed by atoms with van der Waals surface area (Å²) in [5.74, 6) is 0. The maximum absolute atomic E-state index is 10.7. The van der Waals surface area contributed by atoms with E-state index >= 15 is 0 Å². The van der Waals surface area contributed by atoms with Crippen molar-refractivity contribution in [2.24, 2.45) is 0 Å². The topological polar surface area (TPSA) is 59.3 Å². The zero-order valence-electron chi connectivity index (χ0n) is 9.83. The van der Waals surface area contributed by atoms with E-state index in [0.717, 1.165) is 28.4 Å². The van der Waals surface area contributed by atoms with E-state index < -0.39 is 0 Å². The van der Waals surface area contributed by atoms with E-state index in [1.54, 1.807) is 23.5 Å². The van der Waals surface area contributed by atoms with Crippen LogP contribution in [-0.2, 0) is 0 Å². The smallest absolute Gasteiger partial charge is 0.270 e. The third-order valence-electron chi connectivity index (χ3n) is 3.20. The standard InChI is InChI=1S/C12H13N3O2S/c16-15(17)9-4-5-10-11(8-9)18-12(13-10)14-6-2-1-3-7-14/h4-5,8H,1-3,6-7H2. The Hall–Kier alpha value is -1.69. The number of benzene rings is 1. The van der Waals surface area contributed by atoms with E-state index in [-0.39, 0.29) is 10.6 Å². The molecule has 6 heteroatoms. The van der Waals surface area contributed by atoms with Crippen LogP contribution in [0.4, 0.5) is 10.8 Å². The highest BCUT2D eigenvalue weighted by atomic mass is 32.1. The second kappa shape index (κ2) is 4.53. The van der Waals surface area contributed by atoms with Gasteiger partial charge in [0.2, 0.25) is 0 Å². The highest BCUT2D eigenvalue weighted by Gasteiger charge is 2.16. The summed E-state index contributed by atoms with van der Waals surface area (Å²) >= 11 is 1.55. The number of nitrogens with zero attached hydrogens (tertiary/aromatic N) is 3. The number of thiazole rings is 1. The van der Waals surface area contributed by atoms with Crippen LogP contribution < -0.4 is 4.90 Å². The minimum atomic E-state index is -0.361. The summed E-state index contributed by atoms with van der Waals surface area (Å²) in [7, 11) is 0. The van der Waals surface area contributed by atoms with Gasteiger partial charge in [0, 0.05) is 25.2 Å². The SMILES string of the molecule is O=[N+]([O-])c1ccc2nc(N3CCCCC3)sc2c1. The Morgan fingerprint density at radius 2 is 2.06 bits per heavy atom. The molecule has 5 nitrogen and oxygen atoms in total. The lowest BCUT2D eigenvalue weighted by atomic mass is 10.1. The molecule has 2 heterocycles. The number of piperidine rings is 1. The lowest BCUT2D eigenvalue weighted by Crippen LogP contribution is -2.29. The van der Waals surface area contributed by atoms with E-state index in [9.17, 15) is 10.1 Å².